The summed E-state index contributed by atoms with van der Waals surface area (Å²) in [6, 6.07) is 15.5. The number of nitrogens with zero attached hydrogens (tertiary/aromatic N) is 1. The number of hydrogen-bond acceptors (Lipinski definition) is 2. The van der Waals surface area contributed by atoms with Crippen molar-refractivity contribution in [2.24, 2.45) is 0 Å². The summed E-state index contributed by atoms with van der Waals surface area (Å²) in [5, 5.41) is 5.70. The lowest BCUT2D eigenvalue weighted by atomic mass is 10.2. The molecule has 0 saturated carbocycles. The highest BCUT2D eigenvalue weighted by Crippen LogP contribution is 2.38. The van der Waals surface area contributed by atoms with Gasteiger partial charge >= 0.3 is 0 Å². The van der Waals surface area contributed by atoms with Crippen LogP contribution in [-0.2, 0) is 0 Å². The minimum atomic E-state index is 0.226. The Balaban J connectivity index is 1.73. The molecule has 0 radical (unpaired) electrons. The molecule has 1 fully saturated rings. The van der Waals surface area contributed by atoms with Crippen molar-refractivity contribution in [1.29, 1.82) is 0 Å². The lowest BCUT2D eigenvalue weighted by Gasteiger charge is -2.27. The Bertz CT molecular complexity index is 659. The van der Waals surface area contributed by atoms with Gasteiger partial charge in [0.2, 0.25) is 0 Å². The molecule has 2 nitrogen and oxygen atoms in total. The van der Waals surface area contributed by atoms with E-state index < -0.39 is 0 Å². The second kappa shape index (κ2) is 7.09. The number of rotatable bonds is 2. The highest BCUT2D eigenvalue weighted by Gasteiger charge is 2.28. The van der Waals surface area contributed by atoms with Gasteiger partial charge in [0.1, 0.15) is 5.37 Å². The van der Waals surface area contributed by atoms with Gasteiger partial charge in [-0.2, -0.15) is 0 Å². The molecule has 2 aromatic carbocycles. The number of thioether (sulfide) groups is 1. The molecule has 2 aromatic rings. The van der Waals surface area contributed by atoms with E-state index in [9.17, 15) is 0 Å². The lowest BCUT2D eigenvalue weighted by Crippen LogP contribution is -2.34. The van der Waals surface area contributed by atoms with Crippen LogP contribution in [0.25, 0.3) is 0 Å². The van der Waals surface area contributed by atoms with E-state index in [0.29, 0.717) is 5.02 Å². The van der Waals surface area contributed by atoms with Crippen LogP contribution in [0.3, 0.4) is 0 Å². The Morgan fingerprint density at radius 1 is 1.05 bits per heavy atom. The Morgan fingerprint density at radius 3 is 2.27 bits per heavy atom. The first kappa shape index (κ1) is 15.9. The third kappa shape index (κ3) is 3.69. The van der Waals surface area contributed by atoms with E-state index in [1.54, 1.807) is 0 Å². The monoisotopic (exact) mass is 368 g/mol. The summed E-state index contributed by atoms with van der Waals surface area (Å²) in [7, 11) is 0. The molecule has 0 aromatic heterocycles. The molecule has 0 amide bonds. The normalized spacial score (nSPS) is 17.5. The van der Waals surface area contributed by atoms with Gasteiger partial charge in [0.15, 0.2) is 5.11 Å². The average molecular weight is 369 g/mol. The molecule has 1 aliphatic heterocycles. The molecule has 1 N–H and O–H groups in total. The fraction of sp³-hybridized carbons (Fsp3) is 0.188. The summed E-state index contributed by atoms with van der Waals surface area (Å²) in [6.07, 6.45) is 0. The maximum absolute atomic E-state index is 5.97. The maximum atomic E-state index is 5.97. The fourth-order valence-electron chi connectivity index (χ4n) is 2.31. The van der Waals surface area contributed by atoms with E-state index in [4.69, 9.17) is 35.4 Å². The van der Waals surface area contributed by atoms with Crippen LogP contribution >= 0.6 is 47.2 Å². The van der Waals surface area contributed by atoms with E-state index in [2.05, 4.69) is 22.3 Å². The van der Waals surface area contributed by atoms with Crippen LogP contribution in [0.15, 0.2) is 48.5 Å². The molecular weight excluding hydrogens is 355 g/mol. The SMILES string of the molecule is S=C(Nc1ccc(Cl)cc1)N1CCS[C@H]1c1ccc(Cl)cc1. The van der Waals surface area contributed by atoms with Gasteiger partial charge < -0.3 is 10.2 Å². The number of nitrogens with one attached hydrogen (secondary N) is 1. The van der Waals surface area contributed by atoms with E-state index in [1.807, 2.05) is 48.2 Å². The molecule has 3 rings (SSSR count). The van der Waals surface area contributed by atoms with Gasteiger partial charge in [-0.25, -0.2) is 0 Å². The minimum absolute atomic E-state index is 0.226. The summed E-state index contributed by atoms with van der Waals surface area (Å²) >= 11 is 19.3. The fourth-order valence-corrected chi connectivity index (χ4v) is 4.21. The molecule has 0 bridgehead atoms. The van der Waals surface area contributed by atoms with Crippen molar-refractivity contribution in [2.75, 3.05) is 17.6 Å². The highest BCUT2D eigenvalue weighted by molar-refractivity contribution is 7.99. The van der Waals surface area contributed by atoms with E-state index >= 15 is 0 Å². The van der Waals surface area contributed by atoms with Gasteiger partial charge in [-0.3, -0.25) is 0 Å². The van der Waals surface area contributed by atoms with E-state index in [-0.39, 0.29) is 5.37 Å². The predicted molar refractivity (Wildman–Crippen MR) is 101 cm³/mol. The molecule has 22 heavy (non-hydrogen) atoms. The predicted octanol–water partition coefficient (Wildman–Crippen LogP) is 5.44. The van der Waals surface area contributed by atoms with Gasteiger partial charge in [-0.05, 0) is 54.2 Å². The van der Waals surface area contributed by atoms with Gasteiger partial charge in [0, 0.05) is 28.0 Å². The maximum Gasteiger partial charge on any atom is 0.174 e. The molecule has 1 heterocycles. The third-order valence-corrected chi connectivity index (χ3v) is 5.50. The number of anilines is 1. The number of hydrogen-bond donors (Lipinski definition) is 1. The Morgan fingerprint density at radius 2 is 1.64 bits per heavy atom. The quantitative estimate of drug-likeness (QED) is 0.709. The molecule has 114 valence electrons. The number of halogens is 2. The van der Waals surface area contributed by atoms with E-state index in [0.717, 1.165) is 28.1 Å². The zero-order valence-electron chi connectivity index (χ0n) is 11.6. The van der Waals surface area contributed by atoms with Crippen LogP contribution in [0, 0.1) is 0 Å². The first-order valence-corrected chi connectivity index (χ1v) is 9.05. The second-order valence-corrected chi connectivity index (χ2v) is 7.35. The van der Waals surface area contributed by atoms with Crippen molar-refractivity contribution < 1.29 is 0 Å². The van der Waals surface area contributed by atoms with Crippen LogP contribution in [0.1, 0.15) is 10.9 Å². The molecule has 0 unspecified atom stereocenters. The van der Waals surface area contributed by atoms with Crippen molar-refractivity contribution in [1.82, 2.24) is 4.90 Å². The van der Waals surface area contributed by atoms with Crippen molar-refractivity contribution in [2.45, 2.75) is 5.37 Å². The van der Waals surface area contributed by atoms with Gasteiger partial charge in [-0.1, -0.05) is 35.3 Å². The van der Waals surface area contributed by atoms with Crippen LogP contribution in [-0.4, -0.2) is 22.3 Å². The molecule has 0 aliphatic carbocycles. The smallest absolute Gasteiger partial charge is 0.174 e. The largest absolute Gasteiger partial charge is 0.333 e. The van der Waals surface area contributed by atoms with Crippen molar-refractivity contribution >= 4 is 58.0 Å². The third-order valence-electron chi connectivity index (χ3n) is 3.40. The Kier molecular flexibility index (Phi) is 5.14. The van der Waals surface area contributed by atoms with Crippen molar-refractivity contribution in [3.05, 3.63) is 64.1 Å². The van der Waals surface area contributed by atoms with Gasteiger partial charge in [0.05, 0.1) is 0 Å². The zero-order chi connectivity index (χ0) is 15.5. The summed E-state index contributed by atoms with van der Waals surface area (Å²) in [5.41, 5.74) is 2.16. The van der Waals surface area contributed by atoms with E-state index in [1.165, 1.54) is 5.56 Å². The van der Waals surface area contributed by atoms with Crippen LogP contribution in [0.4, 0.5) is 5.69 Å². The Hall–Kier alpha value is -0.940. The molecular formula is C16H14Cl2N2S2. The summed E-state index contributed by atoms with van der Waals surface area (Å²) in [5.74, 6) is 1.05. The first-order valence-electron chi connectivity index (χ1n) is 6.84. The first-order chi connectivity index (χ1) is 10.6. The summed E-state index contributed by atoms with van der Waals surface area (Å²) in [4.78, 5) is 2.21. The van der Waals surface area contributed by atoms with Crippen LogP contribution in [0.2, 0.25) is 10.0 Å². The van der Waals surface area contributed by atoms with Crippen molar-refractivity contribution in [3.63, 3.8) is 0 Å². The van der Waals surface area contributed by atoms with Crippen LogP contribution < -0.4 is 5.32 Å². The summed E-state index contributed by atoms with van der Waals surface area (Å²) in [6.45, 7) is 0.928. The Labute approximate surface area is 149 Å². The average Bonchev–Trinajstić information content (AvgIpc) is 3.00. The lowest BCUT2D eigenvalue weighted by molar-refractivity contribution is 0.458. The van der Waals surface area contributed by atoms with Crippen LogP contribution in [0.5, 0.6) is 0 Å². The second-order valence-electron chi connectivity index (χ2n) is 4.91. The topological polar surface area (TPSA) is 15.3 Å². The summed E-state index contributed by atoms with van der Waals surface area (Å²) < 4.78 is 0. The number of benzene rings is 2. The molecule has 6 heteroatoms. The van der Waals surface area contributed by atoms with Gasteiger partial charge in [0.25, 0.3) is 0 Å². The minimum Gasteiger partial charge on any atom is -0.333 e. The molecule has 1 saturated heterocycles. The number of thiocarbonyl (C=S) groups is 1. The van der Waals surface area contributed by atoms with Crippen molar-refractivity contribution in [3.8, 4) is 0 Å². The molecule has 0 spiro atoms. The molecule has 1 aliphatic rings. The zero-order valence-corrected chi connectivity index (χ0v) is 14.8. The van der Waals surface area contributed by atoms with Gasteiger partial charge in [-0.15, -0.1) is 11.8 Å². The molecule has 1 atom stereocenters. The standard InChI is InChI=1S/C16H14Cl2N2S2/c17-12-3-1-11(2-4-12)15-20(9-10-22-15)16(21)19-14-7-5-13(18)6-8-14/h1-8,15H,9-10H2,(H,19,21)/t15-/m0/s1. The highest BCUT2D eigenvalue weighted by atomic mass is 35.5.